The molecule has 2 amide bonds. The summed E-state index contributed by atoms with van der Waals surface area (Å²) in [5.41, 5.74) is 2.62. The lowest BCUT2D eigenvalue weighted by atomic mass is 9.78. The molecule has 2 spiro atoms. The van der Waals surface area contributed by atoms with Crippen molar-refractivity contribution < 1.29 is 41.4 Å². The van der Waals surface area contributed by atoms with Gasteiger partial charge in [-0.15, -0.1) is 0 Å². The number of sulfonamides is 2. The highest BCUT2D eigenvalue weighted by molar-refractivity contribution is 7.89. The standard InChI is InChI=1S/C20H22ClN3O7S.C14H18ClN3O4S/c1-2-31-17-13(15(26)16(17)27)23-12-4-3-11(21)18(14(12)25)32(29,30)24-9-6-20(7-10-24)5-8-22-19(20)28;15-9-1-2-10(16)11(19)12(9)23(21,22)18-7-4-14(5-8-18)3-6-17-13(14)20/h3-4,23,25H,2,5-10H2,1H3,(H,22,28);1-2,19H,3-8,16H2,(H,17,20). The first-order chi connectivity index (χ1) is 25.9. The summed E-state index contributed by atoms with van der Waals surface area (Å²) in [6.45, 7) is 3.63. The molecule has 0 saturated carbocycles. The van der Waals surface area contributed by atoms with Crippen LogP contribution in [0.3, 0.4) is 0 Å². The number of nitrogens with two attached hydrogens (primary N) is 1. The summed E-state index contributed by atoms with van der Waals surface area (Å²) >= 11 is 12.1. The highest BCUT2D eigenvalue weighted by Crippen LogP contribution is 2.45. The molecule has 4 heterocycles. The zero-order valence-corrected chi connectivity index (χ0v) is 32.8. The number of piperidine rings is 2. The Balaban J connectivity index is 0.000000197. The zero-order chi connectivity index (χ0) is 40.1. The van der Waals surface area contributed by atoms with Gasteiger partial charge in [-0.25, -0.2) is 16.8 Å². The fourth-order valence-electron chi connectivity index (χ4n) is 7.56. The number of nitrogen functional groups attached to an aromatic ring is 1. The van der Waals surface area contributed by atoms with E-state index in [1.807, 2.05) is 0 Å². The Labute approximate surface area is 326 Å². The number of hydrogen-bond donors (Lipinski definition) is 6. The molecule has 0 aliphatic carbocycles. The number of carbonyl (C=O) groups is 2. The van der Waals surface area contributed by atoms with E-state index in [1.165, 1.54) is 32.9 Å². The van der Waals surface area contributed by atoms with Gasteiger partial charge in [-0.2, -0.15) is 8.61 Å². The van der Waals surface area contributed by atoms with Gasteiger partial charge in [0.2, 0.25) is 31.9 Å². The Morgan fingerprint density at radius 3 is 1.64 bits per heavy atom. The van der Waals surface area contributed by atoms with Crippen molar-refractivity contribution in [3.8, 4) is 17.2 Å². The molecule has 0 bridgehead atoms. The van der Waals surface area contributed by atoms with Crippen LogP contribution in [0.25, 0.3) is 0 Å². The summed E-state index contributed by atoms with van der Waals surface area (Å²) in [5.74, 6) is -1.44. The van der Waals surface area contributed by atoms with Crippen molar-refractivity contribution >= 4 is 72.1 Å². The summed E-state index contributed by atoms with van der Waals surface area (Å²) in [7, 11) is -8.17. The summed E-state index contributed by atoms with van der Waals surface area (Å²) in [4.78, 5) is 46.8. The molecule has 17 nitrogen and oxygen atoms in total. The number of rotatable bonds is 8. The number of benzene rings is 2. The Morgan fingerprint density at radius 2 is 1.20 bits per heavy atom. The van der Waals surface area contributed by atoms with Gasteiger partial charge in [-0.1, -0.05) is 23.2 Å². The van der Waals surface area contributed by atoms with Crippen LogP contribution < -0.4 is 37.3 Å². The molecule has 298 valence electrons. The third kappa shape index (κ3) is 7.10. The van der Waals surface area contributed by atoms with E-state index in [0.29, 0.717) is 45.2 Å². The van der Waals surface area contributed by atoms with Crippen LogP contribution in [-0.4, -0.2) is 93.3 Å². The van der Waals surface area contributed by atoms with E-state index in [9.17, 15) is 46.2 Å². The SMILES string of the molecule is CCOc1c(Nc2ccc(Cl)c(S(=O)(=O)N3CCC4(CCNC4=O)CC3)c2O)c(=O)c1=O.Nc1ccc(Cl)c(S(=O)(=O)N2CCC3(CCNC3=O)CC2)c1O. The van der Waals surface area contributed by atoms with Crippen LogP contribution in [-0.2, 0) is 29.6 Å². The van der Waals surface area contributed by atoms with Gasteiger partial charge in [0, 0.05) is 39.3 Å². The first-order valence-electron chi connectivity index (χ1n) is 17.5. The molecule has 4 saturated heterocycles. The van der Waals surface area contributed by atoms with Crippen LogP contribution in [0.1, 0.15) is 45.4 Å². The van der Waals surface area contributed by atoms with Crippen LogP contribution in [0.2, 0.25) is 10.0 Å². The minimum Gasteiger partial charge on any atom is -0.504 e. The third-order valence-electron chi connectivity index (χ3n) is 10.9. The predicted octanol–water partition coefficient (Wildman–Crippen LogP) is 1.99. The lowest BCUT2D eigenvalue weighted by Gasteiger charge is -2.36. The van der Waals surface area contributed by atoms with E-state index in [1.54, 1.807) is 6.92 Å². The van der Waals surface area contributed by atoms with E-state index in [-0.39, 0.29) is 82.4 Å². The van der Waals surface area contributed by atoms with Crippen molar-refractivity contribution in [3.63, 3.8) is 0 Å². The van der Waals surface area contributed by atoms with Crippen molar-refractivity contribution in [1.82, 2.24) is 19.2 Å². The number of amides is 2. The van der Waals surface area contributed by atoms with Gasteiger partial charge in [-0.3, -0.25) is 19.2 Å². The topological polar surface area (TPSA) is 255 Å². The molecule has 4 fully saturated rings. The van der Waals surface area contributed by atoms with Crippen LogP contribution in [0.15, 0.2) is 43.6 Å². The molecule has 3 aromatic rings. The average Bonchev–Trinajstić information content (AvgIpc) is 3.68. The average molecular weight is 844 g/mol. The van der Waals surface area contributed by atoms with Crippen LogP contribution in [0.5, 0.6) is 17.2 Å². The zero-order valence-electron chi connectivity index (χ0n) is 29.6. The Bertz CT molecular complexity index is 2330. The van der Waals surface area contributed by atoms with Crippen molar-refractivity contribution in [2.24, 2.45) is 10.8 Å². The molecule has 3 aromatic carbocycles. The van der Waals surface area contributed by atoms with Crippen molar-refractivity contribution in [3.05, 3.63) is 54.8 Å². The number of ether oxygens (including phenoxy) is 1. The monoisotopic (exact) mass is 842 g/mol. The van der Waals surface area contributed by atoms with Crippen LogP contribution in [0, 0.1) is 10.8 Å². The maximum Gasteiger partial charge on any atom is 0.272 e. The highest BCUT2D eigenvalue weighted by atomic mass is 35.5. The van der Waals surface area contributed by atoms with E-state index in [0.717, 1.165) is 6.42 Å². The van der Waals surface area contributed by atoms with Gasteiger partial charge in [0.1, 0.15) is 15.5 Å². The first-order valence-corrected chi connectivity index (χ1v) is 21.1. The Hall–Kier alpha value is -4.14. The Kier molecular flexibility index (Phi) is 11.1. The Morgan fingerprint density at radius 1 is 0.745 bits per heavy atom. The lowest BCUT2D eigenvalue weighted by molar-refractivity contribution is -0.130. The van der Waals surface area contributed by atoms with Crippen molar-refractivity contribution in [2.75, 3.05) is 56.9 Å². The molecule has 4 aliphatic rings. The second-order valence-corrected chi connectivity index (χ2v) is 18.5. The molecule has 21 heteroatoms. The van der Waals surface area contributed by atoms with E-state index in [2.05, 4.69) is 16.0 Å². The van der Waals surface area contributed by atoms with E-state index < -0.39 is 58.1 Å². The summed E-state index contributed by atoms with van der Waals surface area (Å²) in [5, 5.41) is 28.7. The third-order valence-corrected chi connectivity index (χ3v) is 15.7. The van der Waals surface area contributed by atoms with Crippen LogP contribution in [0.4, 0.5) is 17.1 Å². The smallest absolute Gasteiger partial charge is 0.272 e. The maximum atomic E-state index is 13.3. The van der Waals surface area contributed by atoms with Gasteiger partial charge in [0.05, 0.1) is 38.9 Å². The number of nitrogens with one attached hydrogen (secondary N) is 3. The van der Waals surface area contributed by atoms with E-state index in [4.69, 9.17) is 33.7 Å². The minimum atomic E-state index is -4.20. The summed E-state index contributed by atoms with van der Waals surface area (Å²) < 4.78 is 59.8. The highest BCUT2D eigenvalue weighted by Gasteiger charge is 2.48. The minimum absolute atomic E-state index is 0.000571. The number of nitrogens with zero attached hydrogens (tertiary/aromatic N) is 2. The van der Waals surface area contributed by atoms with Gasteiger partial charge in [0.25, 0.3) is 10.9 Å². The normalized spacial score (nSPS) is 19.9. The molecular weight excluding hydrogens is 803 g/mol. The number of hydrogen-bond acceptors (Lipinski definition) is 13. The predicted molar refractivity (Wildman–Crippen MR) is 203 cm³/mol. The number of aromatic hydroxyl groups is 2. The number of carbonyl (C=O) groups excluding carboxylic acids is 2. The fraction of sp³-hybridized carbons (Fsp3) is 0.471. The second kappa shape index (κ2) is 15.1. The molecule has 7 rings (SSSR count). The second-order valence-electron chi connectivity index (χ2n) is 13.9. The quantitative estimate of drug-likeness (QED) is 0.108. The van der Waals surface area contributed by atoms with Gasteiger partial charge >= 0.3 is 0 Å². The van der Waals surface area contributed by atoms with Gasteiger partial charge in [-0.05, 0) is 69.7 Å². The molecule has 0 radical (unpaired) electrons. The number of anilines is 3. The van der Waals surface area contributed by atoms with Gasteiger partial charge in [0.15, 0.2) is 17.2 Å². The van der Waals surface area contributed by atoms with E-state index >= 15 is 0 Å². The van der Waals surface area contributed by atoms with Crippen molar-refractivity contribution in [2.45, 2.75) is 55.2 Å². The summed E-state index contributed by atoms with van der Waals surface area (Å²) in [6.07, 6.45) is 3.04. The lowest BCUT2D eigenvalue weighted by Crippen LogP contribution is -2.46. The van der Waals surface area contributed by atoms with Crippen molar-refractivity contribution in [1.29, 1.82) is 0 Å². The molecule has 7 N–H and O–H groups in total. The number of halogens is 2. The van der Waals surface area contributed by atoms with Crippen LogP contribution >= 0.6 is 23.2 Å². The van der Waals surface area contributed by atoms with Gasteiger partial charge < -0.3 is 36.6 Å². The fourth-order valence-corrected chi connectivity index (χ4v) is 11.6. The molecule has 0 atom stereocenters. The molecule has 4 aliphatic heterocycles. The first kappa shape index (κ1) is 40.5. The largest absolute Gasteiger partial charge is 0.504 e. The molecule has 55 heavy (non-hydrogen) atoms. The maximum absolute atomic E-state index is 13.3. The molecular formula is C34H40Cl2N6O11S2. The number of phenols is 2. The molecule has 0 unspecified atom stereocenters. The summed E-state index contributed by atoms with van der Waals surface area (Å²) in [6, 6.07) is 5.28. The molecule has 0 aromatic heterocycles. The number of phenolic OH excluding ortho intramolecular Hbond substituents is 2.